The molecular weight excluding hydrogens is 136 g/mol. The molecule has 0 aromatic rings. The number of hydrogen-bond donors (Lipinski definition) is 1. The van der Waals surface area contributed by atoms with Gasteiger partial charge >= 0.3 is 0 Å². The molecule has 1 heterocycles. The molecule has 1 spiro atoms. The molecule has 11 heavy (non-hydrogen) atoms. The molecule has 1 aliphatic carbocycles. The van der Waals surface area contributed by atoms with E-state index in [0.29, 0.717) is 11.5 Å². The Kier molecular flexibility index (Phi) is 1.69. The average molecular weight is 154 g/mol. The van der Waals surface area contributed by atoms with Crippen LogP contribution in [0.25, 0.3) is 0 Å². The van der Waals surface area contributed by atoms with E-state index in [2.05, 4.69) is 11.9 Å². The maximum Gasteiger partial charge on any atom is 0.0120 e. The molecule has 1 saturated carbocycles. The number of piperidine rings is 1. The minimum atomic E-state index is 0.493. The van der Waals surface area contributed by atoms with Crippen molar-refractivity contribution in [1.29, 1.82) is 0 Å². The summed E-state index contributed by atoms with van der Waals surface area (Å²) in [6, 6.07) is 0.493. The maximum atomic E-state index is 6.11. The van der Waals surface area contributed by atoms with Crippen molar-refractivity contribution < 1.29 is 0 Å². The standard InChI is InChI=1S/C9H18N2/c1-11-6-3-8(10)9(7-11)4-2-5-9/h8H,2-7,10H2,1H3. The lowest BCUT2D eigenvalue weighted by atomic mass is 9.62. The van der Waals surface area contributed by atoms with Gasteiger partial charge < -0.3 is 10.6 Å². The molecule has 1 saturated heterocycles. The molecule has 64 valence electrons. The summed E-state index contributed by atoms with van der Waals surface area (Å²) in [5.41, 5.74) is 6.65. The number of nitrogens with zero attached hydrogens (tertiary/aromatic N) is 1. The van der Waals surface area contributed by atoms with Gasteiger partial charge in [0.25, 0.3) is 0 Å². The molecule has 0 radical (unpaired) electrons. The van der Waals surface area contributed by atoms with Gasteiger partial charge in [0.05, 0.1) is 0 Å². The van der Waals surface area contributed by atoms with E-state index < -0.39 is 0 Å². The molecule has 2 aliphatic rings. The van der Waals surface area contributed by atoms with Crippen LogP contribution < -0.4 is 5.73 Å². The number of rotatable bonds is 0. The Labute approximate surface area is 68.7 Å². The van der Waals surface area contributed by atoms with Crippen LogP contribution in [-0.2, 0) is 0 Å². The average Bonchev–Trinajstić information content (AvgIpc) is 1.91. The molecule has 0 amide bonds. The topological polar surface area (TPSA) is 29.3 Å². The third kappa shape index (κ3) is 1.09. The summed E-state index contributed by atoms with van der Waals surface area (Å²) in [6.45, 7) is 2.44. The molecule has 2 rings (SSSR count). The normalized spacial score (nSPS) is 37.1. The van der Waals surface area contributed by atoms with E-state index >= 15 is 0 Å². The van der Waals surface area contributed by atoms with E-state index in [0.717, 1.165) is 0 Å². The lowest BCUT2D eigenvalue weighted by Crippen LogP contribution is -2.57. The second-order valence-electron chi connectivity index (χ2n) is 4.35. The number of hydrogen-bond acceptors (Lipinski definition) is 2. The fraction of sp³-hybridized carbons (Fsp3) is 1.00. The minimum absolute atomic E-state index is 0.493. The predicted molar refractivity (Wildman–Crippen MR) is 46.4 cm³/mol. The van der Waals surface area contributed by atoms with Crippen molar-refractivity contribution in [1.82, 2.24) is 4.90 Å². The molecule has 0 aromatic heterocycles. The Hall–Kier alpha value is -0.0800. The lowest BCUT2D eigenvalue weighted by Gasteiger charge is -2.52. The second-order valence-corrected chi connectivity index (χ2v) is 4.35. The summed E-state index contributed by atoms with van der Waals surface area (Å²) < 4.78 is 0. The van der Waals surface area contributed by atoms with Gasteiger partial charge in [-0.15, -0.1) is 0 Å². The fourth-order valence-corrected chi connectivity index (χ4v) is 2.56. The van der Waals surface area contributed by atoms with Crippen LogP contribution in [0, 0.1) is 5.41 Å². The first-order chi connectivity index (χ1) is 5.23. The summed E-state index contributed by atoms with van der Waals surface area (Å²) in [6.07, 6.45) is 5.36. The Morgan fingerprint density at radius 1 is 1.45 bits per heavy atom. The summed E-state index contributed by atoms with van der Waals surface area (Å²) in [5.74, 6) is 0. The molecule has 2 nitrogen and oxygen atoms in total. The Morgan fingerprint density at radius 2 is 2.18 bits per heavy atom. The smallest absolute Gasteiger partial charge is 0.0120 e. The number of likely N-dealkylation sites (tertiary alicyclic amines) is 1. The van der Waals surface area contributed by atoms with Crippen LogP contribution in [0.4, 0.5) is 0 Å². The van der Waals surface area contributed by atoms with E-state index in [1.54, 1.807) is 0 Å². The van der Waals surface area contributed by atoms with E-state index in [4.69, 9.17) is 5.73 Å². The zero-order valence-electron chi connectivity index (χ0n) is 7.34. The van der Waals surface area contributed by atoms with Crippen molar-refractivity contribution in [3.63, 3.8) is 0 Å². The third-order valence-electron chi connectivity index (χ3n) is 3.54. The highest BCUT2D eigenvalue weighted by atomic mass is 15.1. The van der Waals surface area contributed by atoms with Gasteiger partial charge in [-0.1, -0.05) is 6.42 Å². The van der Waals surface area contributed by atoms with Crippen LogP contribution in [0.5, 0.6) is 0 Å². The first-order valence-electron chi connectivity index (χ1n) is 4.67. The van der Waals surface area contributed by atoms with Crippen LogP contribution in [0.3, 0.4) is 0 Å². The van der Waals surface area contributed by atoms with E-state index in [1.807, 2.05) is 0 Å². The molecule has 1 unspecified atom stereocenters. The summed E-state index contributed by atoms with van der Waals surface area (Å²) in [7, 11) is 2.21. The lowest BCUT2D eigenvalue weighted by molar-refractivity contribution is 0.0117. The fourth-order valence-electron chi connectivity index (χ4n) is 2.56. The molecular formula is C9H18N2. The first kappa shape index (κ1) is 7.56. The molecule has 2 heteroatoms. The van der Waals surface area contributed by atoms with Crippen LogP contribution in [0.1, 0.15) is 25.7 Å². The van der Waals surface area contributed by atoms with Crippen LogP contribution in [0.2, 0.25) is 0 Å². The Balaban J connectivity index is 2.04. The largest absolute Gasteiger partial charge is 0.327 e. The zero-order valence-corrected chi connectivity index (χ0v) is 7.34. The monoisotopic (exact) mass is 154 g/mol. The second kappa shape index (κ2) is 2.46. The van der Waals surface area contributed by atoms with Crippen molar-refractivity contribution in [2.75, 3.05) is 20.1 Å². The summed E-state index contributed by atoms with van der Waals surface area (Å²) >= 11 is 0. The van der Waals surface area contributed by atoms with Gasteiger partial charge in [-0.2, -0.15) is 0 Å². The van der Waals surface area contributed by atoms with Gasteiger partial charge in [-0.05, 0) is 38.3 Å². The number of nitrogens with two attached hydrogens (primary N) is 1. The highest BCUT2D eigenvalue weighted by Crippen LogP contribution is 2.46. The van der Waals surface area contributed by atoms with Gasteiger partial charge in [0.1, 0.15) is 0 Å². The molecule has 1 aliphatic heterocycles. The van der Waals surface area contributed by atoms with Crippen LogP contribution >= 0.6 is 0 Å². The molecule has 2 fully saturated rings. The predicted octanol–water partition coefficient (Wildman–Crippen LogP) is 0.819. The molecule has 2 N–H and O–H groups in total. The van der Waals surface area contributed by atoms with Crippen molar-refractivity contribution in [3.8, 4) is 0 Å². The van der Waals surface area contributed by atoms with E-state index in [-0.39, 0.29) is 0 Å². The van der Waals surface area contributed by atoms with Crippen molar-refractivity contribution in [3.05, 3.63) is 0 Å². The molecule has 0 bridgehead atoms. The Bertz CT molecular complexity index is 152. The van der Waals surface area contributed by atoms with E-state index in [9.17, 15) is 0 Å². The van der Waals surface area contributed by atoms with Gasteiger partial charge in [-0.25, -0.2) is 0 Å². The quantitative estimate of drug-likeness (QED) is 0.559. The molecule has 0 aromatic carbocycles. The van der Waals surface area contributed by atoms with Gasteiger partial charge in [-0.3, -0.25) is 0 Å². The van der Waals surface area contributed by atoms with Gasteiger partial charge in [0, 0.05) is 12.6 Å². The first-order valence-corrected chi connectivity index (χ1v) is 4.67. The van der Waals surface area contributed by atoms with Crippen molar-refractivity contribution in [2.45, 2.75) is 31.7 Å². The van der Waals surface area contributed by atoms with Gasteiger partial charge in [0.15, 0.2) is 0 Å². The Morgan fingerprint density at radius 3 is 2.64 bits per heavy atom. The van der Waals surface area contributed by atoms with Crippen LogP contribution in [-0.4, -0.2) is 31.1 Å². The molecule has 1 atom stereocenters. The third-order valence-corrected chi connectivity index (χ3v) is 3.54. The van der Waals surface area contributed by atoms with Crippen LogP contribution in [0.15, 0.2) is 0 Å². The highest BCUT2D eigenvalue weighted by Gasteiger charge is 2.44. The van der Waals surface area contributed by atoms with Crippen molar-refractivity contribution in [2.24, 2.45) is 11.1 Å². The maximum absolute atomic E-state index is 6.11. The minimum Gasteiger partial charge on any atom is -0.327 e. The SMILES string of the molecule is CN1CCC(N)C2(CCC2)C1. The van der Waals surface area contributed by atoms with E-state index in [1.165, 1.54) is 38.8 Å². The zero-order chi connectivity index (χ0) is 7.90. The summed E-state index contributed by atoms with van der Waals surface area (Å²) in [5, 5.41) is 0. The summed E-state index contributed by atoms with van der Waals surface area (Å²) in [4.78, 5) is 2.43. The highest BCUT2D eigenvalue weighted by molar-refractivity contribution is 5.00. The van der Waals surface area contributed by atoms with Crippen molar-refractivity contribution >= 4 is 0 Å². The van der Waals surface area contributed by atoms with Gasteiger partial charge in [0.2, 0.25) is 0 Å².